The average Bonchev–Trinajstić information content (AvgIpc) is 1.79. The summed E-state index contributed by atoms with van der Waals surface area (Å²) in [7, 11) is 0. The second-order valence-corrected chi connectivity index (χ2v) is 24.8. The predicted molar refractivity (Wildman–Crippen MR) is 77.5 cm³/mol. The van der Waals surface area contributed by atoms with Crippen LogP contribution in [0.25, 0.3) is 0 Å². The number of rotatable bonds is 0. The topological polar surface area (TPSA) is 0 Å². The average molecular weight is 319 g/mol. The van der Waals surface area contributed by atoms with Crippen LogP contribution in [0.4, 0.5) is 0 Å². The van der Waals surface area contributed by atoms with Crippen molar-refractivity contribution in [3.8, 4) is 0 Å². The molecule has 0 bridgehead atoms. The molecule has 0 aliphatic carbocycles. The first-order valence-electron chi connectivity index (χ1n) is 5.87. The molecule has 1 heteroatoms. The molecule has 0 saturated carbocycles. The predicted octanol–water partition coefficient (Wildman–Crippen LogP) is 5.42. The van der Waals surface area contributed by atoms with Gasteiger partial charge in [0.25, 0.3) is 0 Å². The molecule has 0 saturated heterocycles. The molecule has 0 aromatic carbocycles. The van der Waals surface area contributed by atoms with Gasteiger partial charge in [0, 0.05) is 0 Å². The van der Waals surface area contributed by atoms with Crippen LogP contribution in [0.5, 0.6) is 0 Å². The first kappa shape index (κ1) is 17.9. The van der Waals surface area contributed by atoms with E-state index in [9.17, 15) is 0 Å². The van der Waals surface area contributed by atoms with Gasteiger partial charge < -0.3 is 0 Å². The Labute approximate surface area is 105 Å². The zero-order valence-corrected chi connectivity index (χ0v) is 15.8. The van der Waals surface area contributed by atoms with Gasteiger partial charge in [-0.15, -0.1) is 13.2 Å². The summed E-state index contributed by atoms with van der Waals surface area (Å²) >= 11 is -1.58. The van der Waals surface area contributed by atoms with Crippen LogP contribution in [-0.2, 0) is 0 Å². The van der Waals surface area contributed by atoms with E-state index < -0.39 is 19.8 Å². The maximum atomic E-state index is 3.00. The molecule has 0 N–H and O–H groups in total. The van der Waals surface area contributed by atoms with E-state index in [0.29, 0.717) is 10.3 Å². The van der Waals surface area contributed by atoms with E-state index >= 15 is 0 Å². The molecular weight excluding hydrogens is 287 g/mol. The normalized spacial score (nSPS) is 13.5. The fraction of sp³-hybridized carbons (Fsp3) is 0.857. The molecule has 0 fully saturated rings. The van der Waals surface area contributed by atoms with Crippen LogP contribution in [0.2, 0.25) is 10.3 Å². The van der Waals surface area contributed by atoms with Crippen molar-refractivity contribution in [1.29, 1.82) is 0 Å². The van der Waals surface area contributed by atoms with Crippen molar-refractivity contribution in [1.82, 2.24) is 0 Å². The third kappa shape index (κ3) is 6.65. The molecular formula is C14H32Sn. The standard InChI is InChI=1S/3C4H9.C2H4.Sn.H/c3*1-4(2)3;1-2;;/h3*1-3H3;1-2H2;;. The summed E-state index contributed by atoms with van der Waals surface area (Å²) in [6.45, 7) is 28.0. The monoisotopic (exact) mass is 320 g/mol. The van der Waals surface area contributed by atoms with E-state index in [2.05, 4.69) is 75.5 Å². The molecule has 0 aromatic rings. The minimum atomic E-state index is -1.58. The Morgan fingerprint density at radius 1 is 0.533 bits per heavy atom. The molecule has 0 unspecified atom stereocenters. The summed E-state index contributed by atoms with van der Waals surface area (Å²) in [5.41, 5.74) is 0. The Morgan fingerprint density at radius 3 is 0.667 bits per heavy atom. The van der Waals surface area contributed by atoms with Crippen LogP contribution in [0.1, 0.15) is 62.3 Å². The van der Waals surface area contributed by atoms with Crippen LogP contribution < -0.4 is 0 Å². The van der Waals surface area contributed by atoms with E-state index in [1.807, 2.05) is 0 Å². The molecule has 0 radical (unpaired) electrons. The number of hydrogen-bond acceptors (Lipinski definition) is 0. The van der Waals surface area contributed by atoms with E-state index in [4.69, 9.17) is 0 Å². The van der Waals surface area contributed by atoms with Gasteiger partial charge in [-0.1, -0.05) is 0 Å². The molecule has 0 amide bonds. The summed E-state index contributed by atoms with van der Waals surface area (Å²) in [5.74, 6) is 0. The molecule has 0 aliphatic heterocycles. The van der Waals surface area contributed by atoms with Gasteiger partial charge in [-0.3, -0.25) is 0 Å². The van der Waals surface area contributed by atoms with Crippen LogP contribution >= 0.6 is 0 Å². The Hall–Kier alpha value is 0.539. The first-order valence-corrected chi connectivity index (χ1v) is 10.8. The van der Waals surface area contributed by atoms with Crippen molar-refractivity contribution in [3.05, 3.63) is 13.2 Å². The minimum absolute atomic E-state index is 0.595. The number of hydrogen-bond donors (Lipinski definition) is 0. The van der Waals surface area contributed by atoms with Gasteiger partial charge in [0.05, 0.1) is 0 Å². The third-order valence-electron chi connectivity index (χ3n) is 2.60. The van der Waals surface area contributed by atoms with Gasteiger partial charge in [0.15, 0.2) is 0 Å². The summed E-state index contributed by atoms with van der Waals surface area (Å²) < 4.78 is 1.79. The maximum absolute atomic E-state index is 3.00. The van der Waals surface area contributed by atoms with Crippen LogP contribution in [0.15, 0.2) is 13.2 Å². The molecule has 0 atom stereocenters. The summed E-state index contributed by atoms with van der Waals surface area (Å²) in [5, 5.41) is 0. The third-order valence-corrected chi connectivity index (χ3v) is 17.4. The van der Waals surface area contributed by atoms with Crippen molar-refractivity contribution in [2.75, 3.05) is 0 Å². The summed E-state index contributed by atoms with van der Waals surface area (Å²) in [4.78, 5) is 0. The van der Waals surface area contributed by atoms with Crippen LogP contribution in [0, 0.1) is 0 Å². The first-order chi connectivity index (χ1) is 6.37. The quantitative estimate of drug-likeness (QED) is 0.413. The Morgan fingerprint density at radius 2 is 0.667 bits per heavy atom. The van der Waals surface area contributed by atoms with Crippen LogP contribution in [0.3, 0.4) is 0 Å². The van der Waals surface area contributed by atoms with Gasteiger partial charge in [-0.25, -0.2) is 0 Å². The Bertz CT molecular complexity index is 140. The fourth-order valence-electron chi connectivity index (χ4n) is 3.90. The van der Waals surface area contributed by atoms with E-state index in [-0.39, 0.29) is 0 Å². The van der Waals surface area contributed by atoms with Gasteiger partial charge in [-0.2, -0.15) is 0 Å². The van der Waals surface area contributed by atoms with E-state index in [1.54, 1.807) is 0 Å². The van der Waals surface area contributed by atoms with E-state index in [1.165, 1.54) is 0 Å². The molecule has 15 heavy (non-hydrogen) atoms. The van der Waals surface area contributed by atoms with Crippen molar-refractivity contribution in [3.63, 3.8) is 0 Å². The van der Waals surface area contributed by atoms with Crippen molar-refractivity contribution >= 4 is 19.8 Å². The zero-order valence-electron chi connectivity index (χ0n) is 12.5. The second kappa shape index (κ2) is 5.74. The van der Waals surface area contributed by atoms with Gasteiger partial charge in [-0.05, 0) is 0 Å². The molecule has 0 aliphatic rings. The van der Waals surface area contributed by atoms with Crippen molar-refractivity contribution in [2.45, 2.75) is 72.6 Å². The molecule has 92 valence electrons. The molecule has 0 heterocycles. The van der Waals surface area contributed by atoms with Gasteiger partial charge >= 0.3 is 92.4 Å². The van der Waals surface area contributed by atoms with Crippen molar-refractivity contribution < 1.29 is 0 Å². The Kier molecular flexibility index (Phi) is 6.86. The summed E-state index contributed by atoms with van der Waals surface area (Å²) in [6.07, 6.45) is 0. The SMILES string of the molecule is C=C.C[C](C)(C)[SnH]([C](C)(C)C)[C](C)(C)C. The van der Waals surface area contributed by atoms with E-state index in [0.717, 1.165) is 0 Å². The second-order valence-electron chi connectivity index (χ2n) is 7.53. The molecule has 0 nitrogen and oxygen atoms in total. The summed E-state index contributed by atoms with van der Waals surface area (Å²) in [6, 6.07) is 0. The van der Waals surface area contributed by atoms with Gasteiger partial charge in [0.1, 0.15) is 0 Å². The van der Waals surface area contributed by atoms with Crippen molar-refractivity contribution in [2.24, 2.45) is 0 Å². The zero-order chi connectivity index (χ0) is 13.1. The molecule has 0 rings (SSSR count). The van der Waals surface area contributed by atoms with Crippen LogP contribution in [-0.4, -0.2) is 19.8 Å². The molecule has 0 spiro atoms. The fourth-order valence-corrected chi connectivity index (χ4v) is 26.1. The molecule has 0 aromatic heterocycles. The Balaban J connectivity index is 0. The van der Waals surface area contributed by atoms with Gasteiger partial charge in [0.2, 0.25) is 0 Å².